The Bertz CT molecular complexity index is 1250. The van der Waals surface area contributed by atoms with Crippen LogP contribution in [0.1, 0.15) is 303 Å². The summed E-state index contributed by atoms with van der Waals surface area (Å²) >= 11 is 0. The highest BCUT2D eigenvalue weighted by Crippen LogP contribution is 2.16. The van der Waals surface area contributed by atoms with Crippen LogP contribution in [0.25, 0.3) is 0 Å². The van der Waals surface area contributed by atoms with Crippen LogP contribution in [0.2, 0.25) is 0 Å². The molecule has 0 aliphatic carbocycles. The number of allylic oxidation sites excluding steroid dienone is 10. The van der Waals surface area contributed by atoms with Crippen molar-refractivity contribution in [2.75, 3.05) is 13.2 Å². The summed E-state index contributed by atoms with van der Waals surface area (Å²) in [5, 5.41) is 0. The van der Waals surface area contributed by atoms with Gasteiger partial charge >= 0.3 is 17.9 Å². The van der Waals surface area contributed by atoms with Crippen molar-refractivity contribution in [2.24, 2.45) is 0 Å². The third-order valence-electron chi connectivity index (χ3n) is 13.0. The van der Waals surface area contributed by atoms with E-state index >= 15 is 0 Å². The molecular weight excluding hydrogens is 853 g/mol. The van der Waals surface area contributed by atoms with Crippen LogP contribution in [0.5, 0.6) is 0 Å². The Labute approximate surface area is 428 Å². The van der Waals surface area contributed by atoms with Crippen LogP contribution < -0.4 is 0 Å². The molecule has 0 aliphatic rings. The van der Waals surface area contributed by atoms with Gasteiger partial charge in [0.25, 0.3) is 0 Å². The molecule has 69 heavy (non-hydrogen) atoms. The van der Waals surface area contributed by atoms with E-state index in [9.17, 15) is 14.4 Å². The van der Waals surface area contributed by atoms with Crippen molar-refractivity contribution in [3.63, 3.8) is 0 Å². The van der Waals surface area contributed by atoms with E-state index in [1.807, 2.05) is 0 Å². The van der Waals surface area contributed by atoms with E-state index in [1.165, 1.54) is 186 Å². The quantitative estimate of drug-likeness (QED) is 0.0262. The van der Waals surface area contributed by atoms with E-state index in [2.05, 4.69) is 81.5 Å². The maximum atomic E-state index is 12.9. The second-order valence-electron chi connectivity index (χ2n) is 19.9. The zero-order valence-electron chi connectivity index (χ0n) is 45.8. The van der Waals surface area contributed by atoms with Crippen molar-refractivity contribution in [3.8, 4) is 0 Å². The molecule has 0 unspecified atom stereocenters. The monoisotopic (exact) mass is 965 g/mol. The van der Waals surface area contributed by atoms with Crippen LogP contribution in [0.4, 0.5) is 0 Å². The minimum absolute atomic E-state index is 0.0852. The van der Waals surface area contributed by atoms with Crippen molar-refractivity contribution < 1.29 is 28.6 Å². The highest BCUT2D eigenvalue weighted by Gasteiger charge is 2.19. The molecule has 0 amide bonds. The van der Waals surface area contributed by atoms with Crippen molar-refractivity contribution in [1.82, 2.24) is 0 Å². The summed E-state index contributed by atoms with van der Waals surface area (Å²) in [6.45, 7) is 6.59. The molecule has 0 aromatic carbocycles. The summed E-state index contributed by atoms with van der Waals surface area (Å²) in [6.07, 6.45) is 72.1. The van der Waals surface area contributed by atoms with Crippen molar-refractivity contribution in [3.05, 3.63) is 60.8 Å². The van der Waals surface area contributed by atoms with Gasteiger partial charge in [0.15, 0.2) is 6.10 Å². The summed E-state index contributed by atoms with van der Waals surface area (Å²) in [7, 11) is 0. The Morgan fingerprint density at radius 3 is 0.870 bits per heavy atom. The average molecular weight is 966 g/mol. The molecule has 0 radical (unpaired) electrons. The summed E-state index contributed by atoms with van der Waals surface area (Å²) in [6, 6.07) is 0. The van der Waals surface area contributed by atoms with E-state index in [4.69, 9.17) is 14.2 Å². The van der Waals surface area contributed by atoms with Gasteiger partial charge < -0.3 is 14.2 Å². The molecule has 0 spiro atoms. The van der Waals surface area contributed by atoms with Crippen LogP contribution in [0, 0.1) is 0 Å². The SMILES string of the molecule is CCCCC/C=C\C/C=C\C/C=C\CCCCC(=O)OC[C@H](COC(=O)CCCCCCCCCCCCCCCCCCC)OC(=O)CCCCCCCCCCC/C=C\C/C=C\CCCCC. The first-order valence-corrected chi connectivity index (χ1v) is 29.8. The van der Waals surface area contributed by atoms with E-state index in [1.54, 1.807) is 0 Å². The first kappa shape index (κ1) is 66.1. The van der Waals surface area contributed by atoms with Crippen molar-refractivity contribution in [2.45, 2.75) is 309 Å². The number of rotatable bonds is 54. The molecule has 1 atom stereocenters. The zero-order chi connectivity index (χ0) is 50.0. The lowest BCUT2D eigenvalue weighted by molar-refractivity contribution is -0.167. The molecule has 0 aliphatic heterocycles. The van der Waals surface area contributed by atoms with E-state index < -0.39 is 6.10 Å². The molecule has 0 bridgehead atoms. The van der Waals surface area contributed by atoms with Gasteiger partial charge in [-0.2, -0.15) is 0 Å². The normalized spacial score (nSPS) is 12.4. The van der Waals surface area contributed by atoms with Gasteiger partial charge in [0.05, 0.1) is 0 Å². The molecule has 6 nitrogen and oxygen atoms in total. The van der Waals surface area contributed by atoms with Crippen LogP contribution in [0.3, 0.4) is 0 Å². The first-order valence-electron chi connectivity index (χ1n) is 29.8. The molecule has 6 heteroatoms. The second kappa shape index (κ2) is 57.7. The molecule has 0 N–H and O–H groups in total. The number of carbonyl (C=O) groups excluding carboxylic acids is 3. The minimum atomic E-state index is -0.791. The summed E-state index contributed by atoms with van der Waals surface area (Å²) < 4.78 is 16.9. The predicted molar refractivity (Wildman–Crippen MR) is 298 cm³/mol. The van der Waals surface area contributed by atoms with Crippen molar-refractivity contribution >= 4 is 17.9 Å². The summed E-state index contributed by atoms with van der Waals surface area (Å²) in [5.41, 5.74) is 0. The number of unbranched alkanes of at least 4 members (excludes halogenated alkanes) is 33. The number of hydrogen-bond acceptors (Lipinski definition) is 6. The fourth-order valence-electron chi connectivity index (χ4n) is 8.48. The number of carbonyl (C=O) groups is 3. The van der Waals surface area contributed by atoms with Gasteiger partial charge in [-0.25, -0.2) is 0 Å². The number of hydrogen-bond donors (Lipinski definition) is 0. The van der Waals surface area contributed by atoms with E-state index in [0.29, 0.717) is 19.3 Å². The highest BCUT2D eigenvalue weighted by molar-refractivity contribution is 5.71. The maximum Gasteiger partial charge on any atom is 0.306 e. The molecule has 0 aromatic rings. The summed E-state index contributed by atoms with van der Waals surface area (Å²) in [5.74, 6) is -0.915. The number of ether oxygens (including phenoxy) is 3. The lowest BCUT2D eigenvalue weighted by Crippen LogP contribution is -2.30. The molecule has 0 saturated heterocycles. The fourth-order valence-corrected chi connectivity index (χ4v) is 8.48. The number of esters is 3. The Kier molecular flexibility index (Phi) is 55.3. The van der Waals surface area contributed by atoms with E-state index in [-0.39, 0.29) is 31.1 Å². The van der Waals surface area contributed by atoms with Gasteiger partial charge in [0.1, 0.15) is 13.2 Å². The second-order valence-corrected chi connectivity index (χ2v) is 19.9. The molecule has 0 rings (SSSR count). The standard InChI is InChI=1S/C63H112O6/c1-4-7-10-13-16-19-22-25-28-30-31-33-36-39-42-45-48-51-54-57-63(66)69-60(58-67-61(64)55-52-49-46-43-40-37-34-27-24-21-18-15-12-9-6-3)59-68-62(65)56-53-50-47-44-41-38-35-32-29-26-23-20-17-14-11-8-5-2/h16,18-19,21,25,27-28,34,40,43,60H,4-15,17,20,22-24,26,29-33,35-39,41-42,44-59H2,1-3H3/b19-16-,21-18-,28-25-,34-27-,43-40-/t60-/m1/s1. The highest BCUT2D eigenvalue weighted by atomic mass is 16.6. The average Bonchev–Trinajstić information content (AvgIpc) is 3.35. The minimum Gasteiger partial charge on any atom is -0.462 e. The lowest BCUT2D eigenvalue weighted by atomic mass is 10.0. The molecule has 0 saturated carbocycles. The fraction of sp³-hybridized carbons (Fsp3) is 0.794. The van der Waals surface area contributed by atoms with Gasteiger partial charge in [-0.1, -0.05) is 255 Å². The van der Waals surface area contributed by atoms with Gasteiger partial charge in [-0.15, -0.1) is 0 Å². The van der Waals surface area contributed by atoms with E-state index in [0.717, 1.165) is 77.0 Å². The Hall–Kier alpha value is -2.89. The largest absolute Gasteiger partial charge is 0.462 e. The summed E-state index contributed by atoms with van der Waals surface area (Å²) in [4.78, 5) is 38.2. The van der Waals surface area contributed by atoms with Crippen LogP contribution >= 0.6 is 0 Å². The molecule has 400 valence electrons. The van der Waals surface area contributed by atoms with Gasteiger partial charge in [0.2, 0.25) is 0 Å². The van der Waals surface area contributed by atoms with Gasteiger partial charge in [-0.3, -0.25) is 14.4 Å². The van der Waals surface area contributed by atoms with Crippen molar-refractivity contribution in [1.29, 1.82) is 0 Å². The molecule has 0 heterocycles. The molecule has 0 fully saturated rings. The zero-order valence-corrected chi connectivity index (χ0v) is 45.8. The van der Waals surface area contributed by atoms with Gasteiger partial charge in [0, 0.05) is 19.3 Å². The smallest absolute Gasteiger partial charge is 0.306 e. The third-order valence-corrected chi connectivity index (χ3v) is 13.0. The van der Waals surface area contributed by atoms with Crippen LogP contribution in [-0.2, 0) is 28.6 Å². The Morgan fingerprint density at radius 1 is 0.290 bits per heavy atom. The van der Waals surface area contributed by atoms with Crippen LogP contribution in [0.15, 0.2) is 60.8 Å². The molecule has 0 aromatic heterocycles. The third kappa shape index (κ3) is 55.9. The van der Waals surface area contributed by atoms with Gasteiger partial charge in [-0.05, 0) is 89.9 Å². The maximum absolute atomic E-state index is 12.9. The molecular formula is C63H112O6. The Balaban J connectivity index is 4.40. The van der Waals surface area contributed by atoms with Crippen LogP contribution in [-0.4, -0.2) is 37.2 Å². The lowest BCUT2D eigenvalue weighted by Gasteiger charge is -2.18. The first-order chi connectivity index (χ1) is 34.0. The topological polar surface area (TPSA) is 78.9 Å². The predicted octanol–water partition coefficient (Wildman–Crippen LogP) is 20.0. The Morgan fingerprint density at radius 2 is 0.522 bits per heavy atom.